The lowest BCUT2D eigenvalue weighted by atomic mass is 9.79. The Labute approximate surface area is 246 Å². The molecular formula is C28H31F8N3O3S. The van der Waals surface area contributed by atoms with Crippen LogP contribution in [-0.4, -0.2) is 63.9 Å². The van der Waals surface area contributed by atoms with Crippen LogP contribution in [0.3, 0.4) is 0 Å². The largest absolute Gasteiger partial charge is 0.406 e. The van der Waals surface area contributed by atoms with Crippen LogP contribution in [0.15, 0.2) is 18.2 Å². The third kappa shape index (κ3) is 6.38. The van der Waals surface area contributed by atoms with E-state index in [1.807, 2.05) is 0 Å². The topological polar surface area (TPSA) is 82.5 Å². The Morgan fingerprint density at radius 3 is 2.26 bits per heavy atom. The van der Waals surface area contributed by atoms with Gasteiger partial charge >= 0.3 is 12.4 Å². The molecular weight excluding hydrogens is 610 g/mol. The number of nitrogens with zero attached hydrogens (tertiary/aromatic N) is 2. The summed E-state index contributed by atoms with van der Waals surface area (Å²) in [6.45, 7) is 1.81. The molecule has 1 atom stereocenters. The number of amides is 2. The summed E-state index contributed by atoms with van der Waals surface area (Å²) in [6, 6.07) is 1.02. The third-order valence-corrected chi connectivity index (χ3v) is 9.53. The van der Waals surface area contributed by atoms with Gasteiger partial charge in [0.05, 0.1) is 10.5 Å². The molecule has 1 aliphatic heterocycles. The number of aromatic nitrogens is 1. The van der Waals surface area contributed by atoms with Crippen LogP contribution in [-0.2, 0) is 5.41 Å². The Morgan fingerprint density at radius 1 is 1.09 bits per heavy atom. The molecule has 2 heterocycles. The molecule has 2 amide bonds. The first kappa shape index (κ1) is 33.1. The quantitative estimate of drug-likeness (QED) is 0.314. The number of carbonyl (C=O) groups excluding carboxylic acids is 2. The summed E-state index contributed by atoms with van der Waals surface area (Å²) in [5, 5.41) is 13.0. The number of aliphatic hydroxyl groups is 1. The molecule has 1 aromatic carbocycles. The molecule has 1 aliphatic carbocycles. The van der Waals surface area contributed by atoms with E-state index in [9.17, 15) is 49.8 Å². The molecule has 15 heteroatoms. The molecule has 1 aromatic heterocycles. The lowest BCUT2D eigenvalue weighted by Gasteiger charge is -2.34. The average molecular weight is 642 g/mol. The molecule has 2 aromatic rings. The van der Waals surface area contributed by atoms with E-state index in [1.165, 1.54) is 4.90 Å². The molecule has 238 valence electrons. The van der Waals surface area contributed by atoms with Crippen molar-refractivity contribution in [2.75, 3.05) is 13.1 Å². The van der Waals surface area contributed by atoms with Crippen LogP contribution in [0.25, 0.3) is 10.4 Å². The minimum atomic E-state index is -5.86. The summed E-state index contributed by atoms with van der Waals surface area (Å²) in [5.74, 6) is -1.52. The van der Waals surface area contributed by atoms with E-state index < -0.39 is 64.0 Å². The molecule has 2 N–H and O–H groups in total. The van der Waals surface area contributed by atoms with Gasteiger partial charge in [-0.05, 0) is 51.2 Å². The Morgan fingerprint density at radius 2 is 1.72 bits per heavy atom. The van der Waals surface area contributed by atoms with Gasteiger partial charge in [-0.3, -0.25) is 9.59 Å². The molecule has 1 saturated heterocycles. The van der Waals surface area contributed by atoms with E-state index in [0.717, 1.165) is 19.3 Å². The van der Waals surface area contributed by atoms with Crippen molar-refractivity contribution in [2.45, 2.75) is 94.6 Å². The molecule has 0 spiro atoms. The number of hydrogen-bond donors (Lipinski definition) is 2. The Hall–Kier alpha value is -2.81. The fourth-order valence-electron chi connectivity index (χ4n) is 5.57. The van der Waals surface area contributed by atoms with Crippen molar-refractivity contribution in [3.05, 3.63) is 40.0 Å². The molecule has 2 aliphatic rings. The van der Waals surface area contributed by atoms with Crippen LogP contribution in [0.2, 0.25) is 0 Å². The molecule has 6 nitrogen and oxygen atoms in total. The highest BCUT2D eigenvalue weighted by atomic mass is 32.1. The van der Waals surface area contributed by atoms with Crippen molar-refractivity contribution >= 4 is 23.2 Å². The maximum Gasteiger partial charge on any atom is 0.406 e. The number of likely N-dealkylation sites (tertiary alicyclic amines) is 1. The Bertz CT molecular complexity index is 1340. The number of benzene rings is 1. The van der Waals surface area contributed by atoms with E-state index in [-0.39, 0.29) is 35.5 Å². The van der Waals surface area contributed by atoms with Gasteiger partial charge in [-0.2, -0.15) is 26.3 Å². The maximum absolute atomic E-state index is 14.3. The Kier molecular flexibility index (Phi) is 9.19. The van der Waals surface area contributed by atoms with Crippen molar-refractivity contribution in [1.29, 1.82) is 0 Å². The highest BCUT2D eigenvalue weighted by molar-refractivity contribution is 7.17. The van der Waals surface area contributed by atoms with Gasteiger partial charge in [0.15, 0.2) is 10.4 Å². The number of hydrogen-bond acceptors (Lipinski definition) is 5. The molecule has 43 heavy (non-hydrogen) atoms. The summed E-state index contributed by atoms with van der Waals surface area (Å²) in [6.07, 6.45) is -10.6. The van der Waals surface area contributed by atoms with E-state index >= 15 is 0 Å². The number of alkyl halides is 8. The number of thiazole rings is 1. The first-order chi connectivity index (χ1) is 19.9. The highest BCUT2D eigenvalue weighted by Crippen LogP contribution is 2.53. The van der Waals surface area contributed by atoms with Crippen LogP contribution in [0.1, 0.15) is 96.6 Å². The standard InChI is InChI=1S/C28H31F8N3O3S/c1-15-7-6-12-39(15)24(41)19-20(43-23(38-19)22(40)37-14-26(42)10-4-3-5-11-26)17-9-8-16(13-18(17)21(29)30)25(2,27(31,32)33)28(34,35)36/h8-9,13,15,21,42H,3-7,10-12,14H2,1-2H3,(H,37,40)/t15-/m0/s1. The number of rotatable bonds is 7. The van der Waals surface area contributed by atoms with Gasteiger partial charge < -0.3 is 15.3 Å². The second-order valence-corrected chi connectivity index (χ2v) is 12.4. The van der Waals surface area contributed by atoms with E-state index in [2.05, 4.69) is 10.3 Å². The van der Waals surface area contributed by atoms with Gasteiger partial charge in [0.2, 0.25) is 0 Å². The van der Waals surface area contributed by atoms with Crippen LogP contribution in [0.4, 0.5) is 35.1 Å². The fraction of sp³-hybridized carbons (Fsp3) is 0.607. The van der Waals surface area contributed by atoms with Gasteiger partial charge in [-0.1, -0.05) is 31.4 Å². The van der Waals surface area contributed by atoms with Gasteiger partial charge in [0, 0.05) is 30.3 Å². The predicted octanol–water partition coefficient (Wildman–Crippen LogP) is 7.18. The van der Waals surface area contributed by atoms with Crippen LogP contribution >= 0.6 is 11.3 Å². The van der Waals surface area contributed by atoms with Crippen molar-refractivity contribution in [3.8, 4) is 10.4 Å². The van der Waals surface area contributed by atoms with Crippen molar-refractivity contribution in [1.82, 2.24) is 15.2 Å². The molecule has 0 bridgehead atoms. The molecule has 4 rings (SSSR count). The molecule has 0 radical (unpaired) electrons. The monoisotopic (exact) mass is 641 g/mol. The second-order valence-electron chi connectivity index (χ2n) is 11.4. The number of carbonyl (C=O) groups is 2. The van der Waals surface area contributed by atoms with Crippen LogP contribution in [0.5, 0.6) is 0 Å². The molecule has 0 unspecified atom stereocenters. The van der Waals surface area contributed by atoms with E-state index in [4.69, 9.17) is 0 Å². The normalized spacial score (nSPS) is 19.6. The van der Waals surface area contributed by atoms with E-state index in [1.54, 1.807) is 6.92 Å². The average Bonchev–Trinajstić information content (AvgIpc) is 3.56. The predicted molar refractivity (Wildman–Crippen MR) is 142 cm³/mol. The minimum absolute atomic E-state index is 0.127. The first-order valence-electron chi connectivity index (χ1n) is 13.8. The van der Waals surface area contributed by atoms with Crippen molar-refractivity contribution < 1.29 is 49.8 Å². The lowest BCUT2D eigenvalue weighted by molar-refractivity contribution is -0.297. The number of nitrogens with one attached hydrogen (secondary N) is 1. The minimum Gasteiger partial charge on any atom is -0.388 e. The summed E-state index contributed by atoms with van der Waals surface area (Å²) in [7, 11) is 0. The third-order valence-electron chi connectivity index (χ3n) is 8.44. The van der Waals surface area contributed by atoms with Crippen LogP contribution in [0, 0.1) is 0 Å². The first-order valence-corrected chi connectivity index (χ1v) is 14.6. The maximum atomic E-state index is 14.3. The zero-order valence-corrected chi connectivity index (χ0v) is 24.2. The Balaban J connectivity index is 1.81. The van der Waals surface area contributed by atoms with E-state index in [0.29, 0.717) is 55.7 Å². The van der Waals surface area contributed by atoms with Crippen molar-refractivity contribution in [3.63, 3.8) is 0 Å². The SMILES string of the molecule is C[C@H]1CCCN1C(=O)c1nc(C(=O)NCC2(O)CCCCC2)sc1-c1ccc(C(C)(C(F)(F)F)C(F)(F)F)cc1C(F)F. The highest BCUT2D eigenvalue weighted by Gasteiger charge is 2.68. The zero-order chi connectivity index (χ0) is 32.0. The van der Waals surface area contributed by atoms with Crippen LogP contribution < -0.4 is 5.32 Å². The fourth-order valence-corrected chi connectivity index (χ4v) is 6.59. The lowest BCUT2D eigenvalue weighted by Crippen LogP contribution is -2.51. The zero-order valence-electron chi connectivity index (χ0n) is 23.3. The van der Waals surface area contributed by atoms with Gasteiger partial charge in [-0.15, -0.1) is 11.3 Å². The summed E-state index contributed by atoms with van der Waals surface area (Å²) < 4.78 is 111. The number of halogens is 8. The smallest absolute Gasteiger partial charge is 0.388 e. The second kappa shape index (κ2) is 11.9. The van der Waals surface area contributed by atoms with Gasteiger partial charge in [0.25, 0.3) is 18.2 Å². The van der Waals surface area contributed by atoms with Crippen molar-refractivity contribution in [2.24, 2.45) is 0 Å². The summed E-state index contributed by atoms with van der Waals surface area (Å²) in [5.41, 5.74) is -9.15. The molecule has 2 fully saturated rings. The molecule has 1 saturated carbocycles. The van der Waals surface area contributed by atoms with Gasteiger partial charge in [-0.25, -0.2) is 13.8 Å². The van der Waals surface area contributed by atoms with Gasteiger partial charge in [0.1, 0.15) is 5.69 Å². The summed E-state index contributed by atoms with van der Waals surface area (Å²) >= 11 is 0.521. The summed E-state index contributed by atoms with van der Waals surface area (Å²) in [4.78, 5) is 31.9.